The highest BCUT2D eigenvalue weighted by Gasteiger charge is 2.23. The van der Waals surface area contributed by atoms with Crippen LogP contribution in [0.15, 0.2) is 18.2 Å². The zero-order valence-corrected chi connectivity index (χ0v) is 13.6. The fourth-order valence-corrected chi connectivity index (χ4v) is 3.26. The number of hydrogen-bond donors (Lipinski definition) is 3. The summed E-state index contributed by atoms with van der Waals surface area (Å²) in [6, 6.07) is 4.97. The molecule has 2 rings (SSSR count). The van der Waals surface area contributed by atoms with Crippen molar-refractivity contribution in [1.29, 1.82) is 0 Å². The molecule has 1 aliphatic rings. The second-order valence-corrected chi connectivity index (χ2v) is 6.64. The largest absolute Gasteiger partial charge is 0.332 e. The highest BCUT2D eigenvalue weighted by atomic mass is 35.5. The Morgan fingerprint density at radius 3 is 2.90 bits per heavy atom. The molecule has 21 heavy (non-hydrogen) atoms. The monoisotopic (exact) mass is 347 g/mol. The Bertz CT molecular complexity index is 556. The van der Waals surface area contributed by atoms with Gasteiger partial charge < -0.3 is 10.6 Å². The molecule has 3 N–H and O–H groups in total. The van der Waals surface area contributed by atoms with E-state index in [4.69, 9.17) is 23.2 Å². The number of rotatable bonds is 4. The molecule has 2 amide bonds. The van der Waals surface area contributed by atoms with Crippen LogP contribution in [0.5, 0.6) is 0 Å². The Labute approximate surface area is 137 Å². The highest BCUT2D eigenvalue weighted by molar-refractivity contribution is 8.00. The van der Waals surface area contributed by atoms with Crippen LogP contribution in [0.4, 0.5) is 5.69 Å². The number of amides is 2. The first kappa shape index (κ1) is 16.4. The molecule has 2 atom stereocenters. The summed E-state index contributed by atoms with van der Waals surface area (Å²) in [5.41, 5.74) is 0.258. The van der Waals surface area contributed by atoms with Gasteiger partial charge in [0, 0.05) is 17.5 Å². The summed E-state index contributed by atoms with van der Waals surface area (Å²) in [6.45, 7) is 1.93. The third-order valence-corrected chi connectivity index (χ3v) is 4.37. The molecule has 0 bridgehead atoms. The molecule has 1 aromatic rings. The predicted octanol–water partition coefficient (Wildman–Crippen LogP) is 2.45. The lowest BCUT2D eigenvalue weighted by Crippen LogP contribution is -2.53. The summed E-state index contributed by atoms with van der Waals surface area (Å²) in [4.78, 5) is 23.3. The van der Waals surface area contributed by atoms with Crippen molar-refractivity contribution in [1.82, 2.24) is 10.6 Å². The number of benzene rings is 1. The average molecular weight is 348 g/mol. The second-order valence-electron chi connectivity index (χ2n) is 4.70. The van der Waals surface area contributed by atoms with Crippen LogP contribution < -0.4 is 16.0 Å². The molecule has 0 radical (unpaired) electrons. The van der Waals surface area contributed by atoms with E-state index in [1.165, 1.54) is 11.8 Å². The van der Waals surface area contributed by atoms with E-state index in [0.29, 0.717) is 22.2 Å². The van der Waals surface area contributed by atoms with Crippen molar-refractivity contribution in [2.24, 2.45) is 0 Å². The number of hydrogen-bond acceptors (Lipinski definition) is 4. The first-order valence-electron chi connectivity index (χ1n) is 6.36. The Morgan fingerprint density at radius 2 is 2.24 bits per heavy atom. The Hall–Kier alpha value is -0.950. The van der Waals surface area contributed by atoms with Crippen LogP contribution in [-0.2, 0) is 9.59 Å². The van der Waals surface area contributed by atoms with Gasteiger partial charge in [-0.1, -0.05) is 23.2 Å². The molecule has 2 unspecified atom stereocenters. The number of carbonyl (C=O) groups is 2. The SMILES string of the molecule is CC1CC(=O)NC(SCC(=O)Nc2ccc(Cl)cc2Cl)N1. The Kier molecular flexibility index (Phi) is 5.75. The molecule has 1 heterocycles. The van der Waals surface area contributed by atoms with Crippen molar-refractivity contribution in [2.45, 2.75) is 24.9 Å². The minimum Gasteiger partial charge on any atom is -0.332 e. The predicted molar refractivity (Wildman–Crippen MR) is 86.7 cm³/mol. The van der Waals surface area contributed by atoms with Gasteiger partial charge in [0.15, 0.2) is 0 Å². The smallest absolute Gasteiger partial charge is 0.234 e. The van der Waals surface area contributed by atoms with E-state index in [0.717, 1.165) is 0 Å². The van der Waals surface area contributed by atoms with Crippen LogP contribution >= 0.6 is 35.0 Å². The topological polar surface area (TPSA) is 70.2 Å². The van der Waals surface area contributed by atoms with Gasteiger partial charge in [0.25, 0.3) is 0 Å². The summed E-state index contributed by atoms with van der Waals surface area (Å²) >= 11 is 13.1. The molecule has 1 aliphatic heterocycles. The Morgan fingerprint density at radius 1 is 1.48 bits per heavy atom. The standard InChI is InChI=1S/C13H15Cl2N3O2S/c1-7-4-11(19)18-13(16-7)21-6-12(20)17-10-3-2-8(14)5-9(10)15/h2-3,5,7,13,16H,4,6H2,1H3,(H,17,20)(H,18,19). The average Bonchev–Trinajstić information content (AvgIpc) is 2.39. The molecule has 0 spiro atoms. The van der Waals surface area contributed by atoms with Crippen molar-refractivity contribution in [3.05, 3.63) is 28.2 Å². The van der Waals surface area contributed by atoms with Gasteiger partial charge in [-0.15, -0.1) is 11.8 Å². The van der Waals surface area contributed by atoms with E-state index >= 15 is 0 Å². The zero-order chi connectivity index (χ0) is 15.4. The van der Waals surface area contributed by atoms with E-state index in [2.05, 4.69) is 16.0 Å². The van der Waals surface area contributed by atoms with Gasteiger partial charge in [0.2, 0.25) is 11.8 Å². The molecule has 8 heteroatoms. The summed E-state index contributed by atoms with van der Waals surface area (Å²) in [6.07, 6.45) is 0.448. The Balaban J connectivity index is 1.83. The maximum atomic E-state index is 11.9. The zero-order valence-electron chi connectivity index (χ0n) is 11.3. The number of thioether (sulfide) groups is 1. The van der Waals surface area contributed by atoms with Crippen LogP contribution in [0.2, 0.25) is 10.0 Å². The van der Waals surface area contributed by atoms with E-state index in [9.17, 15) is 9.59 Å². The van der Waals surface area contributed by atoms with Crippen molar-refractivity contribution in [3.63, 3.8) is 0 Å². The van der Waals surface area contributed by atoms with Crippen molar-refractivity contribution in [2.75, 3.05) is 11.1 Å². The van der Waals surface area contributed by atoms with Crippen molar-refractivity contribution >= 4 is 52.5 Å². The summed E-state index contributed by atoms with van der Waals surface area (Å²) in [5, 5.41) is 9.57. The maximum Gasteiger partial charge on any atom is 0.234 e. The van der Waals surface area contributed by atoms with Crippen LogP contribution in [0, 0.1) is 0 Å². The minimum atomic E-state index is -0.257. The maximum absolute atomic E-state index is 11.9. The molecule has 5 nitrogen and oxygen atoms in total. The molecule has 1 saturated heterocycles. The number of carbonyl (C=O) groups excluding carboxylic acids is 2. The molecule has 0 aliphatic carbocycles. The fraction of sp³-hybridized carbons (Fsp3) is 0.385. The first-order chi connectivity index (χ1) is 9.94. The van der Waals surface area contributed by atoms with Crippen LogP contribution in [0.25, 0.3) is 0 Å². The molecule has 0 saturated carbocycles. The van der Waals surface area contributed by atoms with Gasteiger partial charge in [-0.3, -0.25) is 14.9 Å². The number of halogens is 2. The van der Waals surface area contributed by atoms with Crippen molar-refractivity contribution in [3.8, 4) is 0 Å². The molecular formula is C13H15Cl2N3O2S. The minimum absolute atomic E-state index is 0.0140. The molecular weight excluding hydrogens is 333 g/mol. The van der Waals surface area contributed by atoms with Crippen LogP contribution in [0.3, 0.4) is 0 Å². The lowest BCUT2D eigenvalue weighted by Gasteiger charge is -2.28. The third kappa shape index (κ3) is 5.07. The number of anilines is 1. The van der Waals surface area contributed by atoms with E-state index < -0.39 is 0 Å². The fourth-order valence-electron chi connectivity index (χ4n) is 1.87. The third-order valence-electron chi connectivity index (χ3n) is 2.81. The van der Waals surface area contributed by atoms with E-state index in [1.807, 2.05) is 6.92 Å². The van der Waals surface area contributed by atoms with Crippen LogP contribution in [-0.4, -0.2) is 29.1 Å². The van der Waals surface area contributed by atoms with E-state index in [1.54, 1.807) is 18.2 Å². The van der Waals surface area contributed by atoms with E-state index in [-0.39, 0.29) is 29.1 Å². The summed E-state index contributed by atoms with van der Waals surface area (Å²) in [5.74, 6) is -0.0118. The number of nitrogens with one attached hydrogen (secondary N) is 3. The van der Waals surface area contributed by atoms with Gasteiger partial charge in [0.1, 0.15) is 5.50 Å². The van der Waals surface area contributed by atoms with Gasteiger partial charge in [-0.25, -0.2) is 0 Å². The second kappa shape index (κ2) is 7.35. The molecule has 1 aromatic carbocycles. The van der Waals surface area contributed by atoms with Gasteiger partial charge in [0.05, 0.1) is 16.5 Å². The van der Waals surface area contributed by atoms with Crippen molar-refractivity contribution < 1.29 is 9.59 Å². The lowest BCUT2D eigenvalue weighted by molar-refractivity contribution is -0.123. The highest BCUT2D eigenvalue weighted by Crippen LogP contribution is 2.25. The molecule has 1 fully saturated rings. The quantitative estimate of drug-likeness (QED) is 0.782. The molecule has 0 aromatic heterocycles. The lowest BCUT2D eigenvalue weighted by atomic mass is 10.2. The normalized spacial score (nSPS) is 21.8. The first-order valence-corrected chi connectivity index (χ1v) is 8.16. The summed E-state index contributed by atoms with van der Waals surface area (Å²) in [7, 11) is 0. The molecule has 114 valence electrons. The van der Waals surface area contributed by atoms with Gasteiger partial charge in [-0.05, 0) is 25.1 Å². The summed E-state index contributed by atoms with van der Waals surface area (Å²) < 4.78 is 0. The van der Waals surface area contributed by atoms with Gasteiger partial charge >= 0.3 is 0 Å². The van der Waals surface area contributed by atoms with Gasteiger partial charge in [-0.2, -0.15) is 0 Å². The van der Waals surface area contributed by atoms with Crippen LogP contribution in [0.1, 0.15) is 13.3 Å².